The molecule has 0 spiro atoms. The third-order valence-corrected chi connectivity index (χ3v) is 5.51. The highest BCUT2D eigenvalue weighted by Crippen LogP contribution is 2.38. The van der Waals surface area contributed by atoms with Crippen LogP contribution >= 0.6 is 43.6 Å². The van der Waals surface area contributed by atoms with Crippen LogP contribution in [0, 0.1) is 0 Å². The number of hydrogen-bond acceptors (Lipinski definition) is 6. The smallest absolute Gasteiger partial charge is 0.329 e. The number of amides is 2. The number of thioether (sulfide) groups is 1. The molecule has 0 bridgehead atoms. The van der Waals surface area contributed by atoms with Crippen LogP contribution in [0.2, 0.25) is 0 Å². The number of nitrogens with zero attached hydrogens (tertiary/aromatic N) is 1. The summed E-state index contributed by atoms with van der Waals surface area (Å²) in [7, 11) is 0. The zero-order valence-electron chi connectivity index (χ0n) is 14.4. The molecule has 2 rings (SSSR count). The topological polar surface area (TPSA) is 72.9 Å². The Hall–Kier alpha value is -1.32. The SMILES string of the molecule is CCOC(=O)[C@H](C)N1C(=O)S/C(=C/c2cc(Br)c(OCC)c(Br)c2)C1=O. The van der Waals surface area contributed by atoms with Gasteiger partial charge in [-0.2, -0.15) is 0 Å². The Bertz CT molecular complexity index is 757. The van der Waals surface area contributed by atoms with Gasteiger partial charge < -0.3 is 9.47 Å². The third kappa shape index (κ3) is 4.50. The maximum atomic E-state index is 12.6. The summed E-state index contributed by atoms with van der Waals surface area (Å²) in [5, 5.41) is -0.495. The van der Waals surface area contributed by atoms with E-state index in [4.69, 9.17) is 9.47 Å². The Kier molecular flexibility index (Phi) is 7.31. The minimum absolute atomic E-state index is 0.184. The van der Waals surface area contributed by atoms with Crippen molar-refractivity contribution in [1.29, 1.82) is 0 Å². The monoisotopic (exact) mass is 505 g/mol. The predicted molar refractivity (Wildman–Crippen MR) is 107 cm³/mol. The second-order valence-corrected chi connectivity index (χ2v) is 7.93. The first-order chi connectivity index (χ1) is 12.3. The standard InChI is InChI=1S/C17H17Br2NO5S/c1-4-24-14-11(18)6-10(7-12(14)19)8-13-15(21)20(17(23)26-13)9(3)16(22)25-5-2/h6-9H,4-5H2,1-3H3/b13-8+/t9-/m0/s1. The molecule has 1 aromatic carbocycles. The molecule has 1 heterocycles. The average molecular weight is 507 g/mol. The maximum Gasteiger partial charge on any atom is 0.329 e. The zero-order valence-corrected chi connectivity index (χ0v) is 18.4. The van der Waals surface area contributed by atoms with Crippen molar-refractivity contribution in [3.05, 3.63) is 31.5 Å². The van der Waals surface area contributed by atoms with Crippen molar-refractivity contribution in [2.75, 3.05) is 13.2 Å². The van der Waals surface area contributed by atoms with Gasteiger partial charge in [-0.05, 0) is 88.2 Å². The third-order valence-electron chi connectivity index (χ3n) is 3.45. The molecule has 0 N–H and O–H groups in total. The fraction of sp³-hybridized carbons (Fsp3) is 0.353. The number of imide groups is 1. The summed E-state index contributed by atoms with van der Waals surface area (Å²) < 4.78 is 11.9. The fourth-order valence-electron chi connectivity index (χ4n) is 2.28. The number of hydrogen-bond donors (Lipinski definition) is 0. The van der Waals surface area contributed by atoms with Gasteiger partial charge in [-0.3, -0.25) is 14.5 Å². The van der Waals surface area contributed by atoms with Gasteiger partial charge in [0.25, 0.3) is 11.1 Å². The van der Waals surface area contributed by atoms with Crippen LogP contribution < -0.4 is 4.74 Å². The van der Waals surface area contributed by atoms with Crippen LogP contribution in [0.4, 0.5) is 4.79 Å². The molecule has 0 aliphatic carbocycles. The minimum atomic E-state index is -0.966. The molecule has 0 aromatic heterocycles. The van der Waals surface area contributed by atoms with E-state index in [1.807, 2.05) is 6.92 Å². The Morgan fingerprint density at radius 1 is 1.23 bits per heavy atom. The Labute approximate surface area is 172 Å². The lowest BCUT2D eigenvalue weighted by atomic mass is 10.2. The van der Waals surface area contributed by atoms with Crippen molar-refractivity contribution in [2.24, 2.45) is 0 Å². The van der Waals surface area contributed by atoms with Crippen LogP contribution in [-0.4, -0.2) is 41.3 Å². The van der Waals surface area contributed by atoms with E-state index >= 15 is 0 Å². The summed E-state index contributed by atoms with van der Waals surface area (Å²) in [5.74, 6) is -0.460. The lowest BCUT2D eigenvalue weighted by Gasteiger charge is -2.19. The largest absolute Gasteiger partial charge is 0.492 e. The van der Waals surface area contributed by atoms with Gasteiger partial charge in [-0.15, -0.1) is 0 Å². The molecule has 1 aliphatic rings. The van der Waals surface area contributed by atoms with E-state index in [0.29, 0.717) is 17.9 Å². The maximum absolute atomic E-state index is 12.6. The first-order valence-electron chi connectivity index (χ1n) is 7.85. The Morgan fingerprint density at radius 3 is 2.38 bits per heavy atom. The van der Waals surface area contributed by atoms with E-state index in [2.05, 4.69) is 31.9 Å². The molecule has 9 heteroatoms. The van der Waals surface area contributed by atoms with Crippen LogP contribution in [0.25, 0.3) is 6.08 Å². The number of rotatable bonds is 6. The van der Waals surface area contributed by atoms with Gasteiger partial charge in [0.05, 0.1) is 27.1 Å². The van der Waals surface area contributed by atoms with Crippen molar-refractivity contribution < 1.29 is 23.9 Å². The van der Waals surface area contributed by atoms with E-state index in [9.17, 15) is 14.4 Å². The second-order valence-electron chi connectivity index (χ2n) is 5.23. The molecule has 6 nitrogen and oxygen atoms in total. The van der Waals surface area contributed by atoms with Gasteiger partial charge in [-0.25, -0.2) is 4.79 Å². The summed E-state index contributed by atoms with van der Waals surface area (Å²) in [6.07, 6.45) is 1.61. The quantitative estimate of drug-likeness (QED) is 0.414. The molecule has 0 unspecified atom stereocenters. The van der Waals surface area contributed by atoms with Crippen molar-refractivity contribution in [1.82, 2.24) is 4.90 Å². The molecule has 1 aromatic rings. The molecular formula is C17H17Br2NO5S. The summed E-state index contributed by atoms with van der Waals surface area (Å²) >= 11 is 7.66. The number of carbonyl (C=O) groups is 3. The molecule has 1 aliphatic heterocycles. The predicted octanol–water partition coefficient (Wildman–Crippen LogP) is 4.60. The van der Waals surface area contributed by atoms with Gasteiger partial charge in [0.2, 0.25) is 0 Å². The number of carbonyl (C=O) groups excluding carboxylic acids is 3. The lowest BCUT2D eigenvalue weighted by Crippen LogP contribution is -2.42. The summed E-state index contributed by atoms with van der Waals surface area (Å²) in [4.78, 5) is 37.8. The molecule has 0 saturated carbocycles. The summed E-state index contributed by atoms with van der Waals surface area (Å²) in [5.41, 5.74) is 0.710. The summed E-state index contributed by atoms with van der Waals surface area (Å²) in [6, 6.07) is 2.61. The summed E-state index contributed by atoms with van der Waals surface area (Å²) in [6.45, 7) is 5.72. The Balaban J connectivity index is 2.29. The van der Waals surface area contributed by atoms with Gasteiger partial charge in [-0.1, -0.05) is 0 Å². The van der Waals surface area contributed by atoms with Crippen LogP contribution in [-0.2, 0) is 14.3 Å². The molecule has 26 heavy (non-hydrogen) atoms. The second kappa shape index (κ2) is 9.05. The molecule has 2 amide bonds. The van der Waals surface area contributed by atoms with E-state index in [-0.39, 0.29) is 11.5 Å². The van der Waals surface area contributed by atoms with E-state index < -0.39 is 23.2 Å². The highest BCUT2D eigenvalue weighted by molar-refractivity contribution is 9.11. The van der Waals surface area contributed by atoms with Gasteiger partial charge in [0.15, 0.2) is 0 Å². The van der Waals surface area contributed by atoms with E-state index in [1.165, 1.54) is 6.92 Å². The zero-order chi connectivity index (χ0) is 19.4. The first kappa shape index (κ1) is 21.0. The van der Waals surface area contributed by atoms with Crippen LogP contribution in [0.5, 0.6) is 5.75 Å². The molecular weight excluding hydrogens is 490 g/mol. The molecule has 0 radical (unpaired) electrons. The van der Waals surface area contributed by atoms with Gasteiger partial charge in [0.1, 0.15) is 11.8 Å². The van der Waals surface area contributed by atoms with Crippen LogP contribution in [0.15, 0.2) is 26.0 Å². The number of esters is 1. The van der Waals surface area contributed by atoms with Crippen molar-refractivity contribution in [3.8, 4) is 5.75 Å². The average Bonchev–Trinajstić information content (AvgIpc) is 2.84. The molecule has 1 saturated heterocycles. The van der Waals surface area contributed by atoms with Gasteiger partial charge in [0, 0.05) is 0 Å². The van der Waals surface area contributed by atoms with Crippen LogP contribution in [0.3, 0.4) is 0 Å². The minimum Gasteiger partial charge on any atom is -0.492 e. The van der Waals surface area contributed by atoms with Crippen LogP contribution in [0.1, 0.15) is 26.3 Å². The highest BCUT2D eigenvalue weighted by atomic mass is 79.9. The fourth-order valence-corrected chi connectivity index (χ4v) is 4.64. The Morgan fingerprint density at radius 2 is 1.85 bits per heavy atom. The number of benzene rings is 1. The molecule has 140 valence electrons. The van der Waals surface area contributed by atoms with Crippen molar-refractivity contribution >= 4 is 66.8 Å². The van der Waals surface area contributed by atoms with E-state index in [0.717, 1.165) is 25.6 Å². The first-order valence-corrected chi connectivity index (χ1v) is 10.3. The van der Waals surface area contributed by atoms with Gasteiger partial charge >= 0.3 is 5.97 Å². The lowest BCUT2D eigenvalue weighted by molar-refractivity contribution is -0.150. The van der Waals surface area contributed by atoms with Crippen molar-refractivity contribution in [3.63, 3.8) is 0 Å². The number of halogens is 2. The normalized spacial score (nSPS) is 17.0. The van der Waals surface area contributed by atoms with E-state index in [1.54, 1.807) is 25.1 Å². The highest BCUT2D eigenvalue weighted by Gasteiger charge is 2.41. The van der Waals surface area contributed by atoms with Crippen molar-refractivity contribution in [2.45, 2.75) is 26.8 Å². The molecule has 1 fully saturated rings. The molecule has 1 atom stereocenters. The number of ether oxygens (including phenoxy) is 2.